The summed E-state index contributed by atoms with van der Waals surface area (Å²) in [5.41, 5.74) is 5.13. The zero-order valence-corrected chi connectivity index (χ0v) is 21.1. The normalized spacial score (nSPS) is 34.9. The molecule has 3 aliphatic rings. The van der Waals surface area contributed by atoms with Gasteiger partial charge in [-0.2, -0.15) is 0 Å². The van der Waals surface area contributed by atoms with Crippen molar-refractivity contribution in [2.45, 2.75) is 105 Å². The Kier molecular flexibility index (Phi) is 8.07. The van der Waals surface area contributed by atoms with E-state index in [1.807, 2.05) is 0 Å². The molecule has 0 unspecified atom stereocenters. The maximum atomic E-state index is 14.1. The van der Waals surface area contributed by atoms with Gasteiger partial charge in [0, 0.05) is 6.42 Å². The summed E-state index contributed by atoms with van der Waals surface area (Å²) in [6.07, 6.45) is 18.9. The summed E-state index contributed by atoms with van der Waals surface area (Å²) in [7, 11) is 0. The monoisotopic (exact) mass is 440 g/mol. The number of hydrogen-bond acceptors (Lipinski definition) is 1. The fourth-order valence-corrected chi connectivity index (χ4v) is 6.22. The average molecular weight is 441 g/mol. The average Bonchev–Trinajstić information content (AvgIpc) is 3.12. The third-order valence-corrected chi connectivity index (χ3v) is 8.99. The van der Waals surface area contributed by atoms with Crippen LogP contribution in [0.5, 0.6) is 0 Å². The molecular formula is C30H45FO. The fourth-order valence-electron chi connectivity index (χ4n) is 6.22. The summed E-state index contributed by atoms with van der Waals surface area (Å²) in [5, 5.41) is 9.99. The predicted molar refractivity (Wildman–Crippen MR) is 135 cm³/mol. The van der Waals surface area contributed by atoms with Crippen molar-refractivity contribution in [2.24, 2.45) is 22.7 Å². The highest BCUT2D eigenvalue weighted by Crippen LogP contribution is 2.57. The lowest BCUT2D eigenvalue weighted by molar-refractivity contribution is 0.124. The first-order chi connectivity index (χ1) is 15.1. The summed E-state index contributed by atoms with van der Waals surface area (Å²) >= 11 is 0. The quantitative estimate of drug-likeness (QED) is 0.394. The highest BCUT2D eigenvalue weighted by Gasteiger charge is 2.45. The minimum atomic E-state index is -1.11. The van der Waals surface area contributed by atoms with Crippen molar-refractivity contribution in [3.8, 4) is 0 Å². The third kappa shape index (κ3) is 5.22. The lowest BCUT2D eigenvalue weighted by Gasteiger charge is -2.42. The van der Waals surface area contributed by atoms with Crippen molar-refractivity contribution in [2.75, 3.05) is 0 Å². The fraction of sp³-hybridized carbons (Fsp3) is 0.667. The number of alkyl halides is 1. The number of rotatable bonds is 7. The van der Waals surface area contributed by atoms with Crippen LogP contribution in [0.25, 0.3) is 0 Å². The molecule has 0 aromatic heterocycles. The topological polar surface area (TPSA) is 20.2 Å². The minimum absolute atomic E-state index is 0.183. The molecular weight excluding hydrogens is 395 g/mol. The van der Waals surface area contributed by atoms with Gasteiger partial charge in [-0.3, -0.25) is 0 Å². The van der Waals surface area contributed by atoms with Gasteiger partial charge in [0.1, 0.15) is 6.17 Å². The van der Waals surface area contributed by atoms with E-state index in [2.05, 4.69) is 71.6 Å². The summed E-state index contributed by atoms with van der Waals surface area (Å²) in [6, 6.07) is 0. The molecule has 5 atom stereocenters. The van der Waals surface area contributed by atoms with Crippen molar-refractivity contribution < 1.29 is 9.50 Å². The van der Waals surface area contributed by atoms with E-state index in [0.29, 0.717) is 29.2 Å². The summed E-state index contributed by atoms with van der Waals surface area (Å²) in [4.78, 5) is 0. The van der Waals surface area contributed by atoms with Gasteiger partial charge in [-0.05, 0) is 85.2 Å². The maximum absolute atomic E-state index is 14.1. The van der Waals surface area contributed by atoms with Crippen molar-refractivity contribution in [3.63, 3.8) is 0 Å². The molecule has 0 saturated heterocycles. The standard InChI is InChI=1S/C30H45FO/c1-7-29(5,8-2)17-9-11-21(3)26-15-16-27-23(12-10-18-30(26,27)6)13-14-24-19-25(32)20-28(31)22(24)4/h9,13-15,17,21,25,27-28,32H,4,7-8,10-12,16,18-20H2,1-3,5-6H3/b17-9+,23-13+,24-14-/t21-,25+,27-,28-,30+/m0/s1. The molecule has 2 fully saturated rings. The van der Waals surface area contributed by atoms with Gasteiger partial charge in [-0.15, -0.1) is 0 Å². The van der Waals surface area contributed by atoms with Crippen LogP contribution in [0.4, 0.5) is 4.39 Å². The van der Waals surface area contributed by atoms with E-state index in [-0.39, 0.29) is 11.8 Å². The molecule has 0 heterocycles. The molecule has 0 aromatic carbocycles. The number of fused-ring (bicyclic) bond motifs is 1. The van der Waals surface area contributed by atoms with Gasteiger partial charge in [0.25, 0.3) is 0 Å². The van der Waals surface area contributed by atoms with E-state index in [4.69, 9.17) is 0 Å². The predicted octanol–water partition coefficient (Wildman–Crippen LogP) is 8.43. The van der Waals surface area contributed by atoms with Gasteiger partial charge in [0.2, 0.25) is 0 Å². The molecule has 2 saturated carbocycles. The molecule has 2 heteroatoms. The van der Waals surface area contributed by atoms with Crippen molar-refractivity contribution in [1.82, 2.24) is 0 Å². The molecule has 0 amide bonds. The molecule has 0 bridgehead atoms. The van der Waals surface area contributed by atoms with Crippen LogP contribution in [0, 0.1) is 22.7 Å². The summed E-state index contributed by atoms with van der Waals surface area (Å²) in [5.74, 6) is 1.12. The highest BCUT2D eigenvalue weighted by molar-refractivity contribution is 5.40. The van der Waals surface area contributed by atoms with E-state index < -0.39 is 12.3 Å². The second-order valence-corrected chi connectivity index (χ2v) is 11.1. The molecule has 178 valence electrons. The first kappa shape index (κ1) is 25.2. The molecule has 0 radical (unpaired) electrons. The molecule has 0 aliphatic heterocycles. The smallest absolute Gasteiger partial charge is 0.127 e. The number of aliphatic hydroxyl groups excluding tert-OH is 1. The first-order valence-corrected chi connectivity index (χ1v) is 12.9. The first-order valence-electron chi connectivity index (χ1n) is 12.9. The summed E-state index contributed by atoms with van der Waals surface area (Å²) in [6.45, 7) is 15.7. The van der Waals surface area contributed by atoms with Crippen LogP contribution in [-0.2, 0) is 0 Å². The van der Waals surface area contributed by atoms with Crippen LogP contribution in [0.2, 0.25) is 0 Å². The zero-order valence-electron chi connectivity index (χ0n) is 21.1. The Labute approximate surface area is 196 Å². The SMILES string of the molecule is C=C1/C(=C\C=C2/CCC[C@]3(C)C([C@@H](C)C/C=C/C(C)(CC)CC)=CC[C@@H]23)C[C@@H](O)C[C@@H]1F. The maximum Gasteiger partial charge on any atom is 0.127 e. The molecule has 0 aromatic rings. The molecule has 0 spiro atoms. The Morgan fingerprint density at radius 3 is 2.72 bits per heavy atom. The van der Waals surface area contributed by atoms with Crippen LogP contribution >= 0.6 is 0 Å². The van der Waals surface area contributed by atoms with E-state index in [9.17, 15) is 9.50 Å². The van der Waals surface area contributed by atoms with Crippen LogP contribution in [-0.4, -0.2) is 17.4 Å². The van der Waals surface area contributed by atoms with Crippen molar-refractivity contribution in [1.29, 1.82) is 0 Å². The van der Waals surface area contributed by atoms with Crippen molar-refractivity contribution in [3.05, 3.63) is 59.3 Å². The Hall–Kier alpha value is -1.41. The lowest BCUT2D eigenvalue weighted by Crippen LogP contribution is -2.32. The highest BCUT2D eigenvalue weighted by atomic mass is 19.1. The van der Waals surface area contributed by atoms with Crippen LogP contribution in [0.15, 0.2) is 59.3 Å². The third-order valence-electron chi connectivity index (χ3n) is 8.99. The number of hydrogen-bond donors (Lipinski definition) is 1. The lowest BCUT2D eigenvalue weighted by atomic mass is 9.62. The van der Waals surface area contributed by atoms with E-state index in [1.165, 1.54) is 31.3 Å². The van der Waals surface area contributed by atoms with Gasteiger partial charge < -0.3 is 5.11 Å². The Bertz CT molecular complexity index is 809. The number of aliphatic hydroxyl groups is 1. The minimum Gasteiger partial charge on any atom is -0.393 e. The molecule has 32 heavy (non-hydrogen) atoms. The van der Waals surface area contributed by atoms with E-state index in [0.717, 1.165) is 24.8 Å². The molecule has 1 nitrogen and oxygen atoms in total. The molecule has 3 aliphatic carbocycles. The van der Waals surface area contributed by atoms with Crippen LogP contribution in [0.1, 0.15) is 92.4 Å². The van der Waals surface area contributed by atoms with Gasteiger partial charge in [-0.25, -0.2) is 4.39 Å². The van der Waals surface area contributed by atoms with Crippen molar-refractivity contribution >= 4 is 0 Å². The van der Waals surface area contributed by atoms with Gasteiger partial charge in [-0.1, -0.05) is 82.7 Å². The Morgan fingerprint density at radius 2 is 2.03 bits per heavy atom. The largest absolute Gasteiger partial charge is 0.393 e. The Balaban J connectivity index is 1.73. The number of allylic oxidation sites excluding steroid dienone is 8. The van der Waals surface area contributed by atoms with E-state index >= 15 is 0 Å². The molecule has 3 rings (SSSR count). The van der Waals surface area contributed by atoms with E-state index in [1.54, 1.807) is 5.57 Å². The number of halogens is 1. The second kappa shape index (κ2) is 10.2. The Morgan fingerprint density at radius 1 is 1.31 bits per heavy atom. The van der Waals surface area contributed by atoms with Gasteiger partial charge >= 0.3 is 0 Å². The van der Waals surface area contributed by atoms with Crippen LogP contribution in [0.3, 0.4) is 0 Å². The van der Waals surface area contributed by atoms with Gasteiger partial charge in [0.15, 0.2) is 0 Å². The van der Waals surface area contributed by atoms with Gasteiger partial charge in [0.05, 0.1) is 6.10 Å². The molecule has 1 N–H and O–H groups in total. The van der Waals surface area contributed by atoms with Crippen LogP contribution < -0.4 is 0 Å². The summed E-state index contributed by atoms with van der Waals surface area (Å²) < 4.78 is 14.1. The zero-order chi connectivity index (χ0) is 23.5. The second-order valence-electron chi connectivity index (χ2n) is 11.1.